The zero-order valence-corrected chi connectivity index (χ0v) is 11.0. The van der Waals surface area contributed by atoms with Crippen molar-refractivity contribution >= 4 is 12.0 Å². The van der Waals surface area contributed by atoms with Crippen molar-refractivity contribution in [1.82, 2.24) is 20.6 Å². The molecule has 2 unspecified atom stereocenters. The fraction of sp³-hybridized carbons (Fsp3) is 0.583. The second-order valence-electron chi connectivity index (χ2n) is 4.76. The molecule has 1 aromatic rings. The Hall–Kier alpha value is -2.09. The van der Waals surface area contributed by atoms with Crippen LogP contribution in [-0.4, -0.2) is 52.9 Å². The second kappa shape index (κ2) is 6.90. The topological polar surface area (TPSA) is 116 Å². The largest absolute Gasteiger partial charge is 0.480 e. The lowest BCUT2D eigenvalue weighted by Crippen LogP contribution is -2.48. The number of imidazole rings is 1. The lowest BCUT2D eigenvalue weighted by Gasteiger charge is -2.15. The lowest BCUT2D eigenvalue weighted by atomic mass is 10.1. The number of aliphatic carboxylic acids is 1. The molecule has 1 fully saturated rings. The third-order valence-corrected chi connectivity index (χ3v) is 3.16. The van der Waals surface area contributed by atoms with Crippen molar-refractivity contribution in [2.75, 3.05) is 19.8 Å². The summed E-state index contributed by atoms with van der Waals surface area (Å²) >= 11 is 0. The van der Waals surface area contributed by atoms with E-state index in [0.29, 0.717) is 31.4 Å². The molecule has 2 heterocycles. The molecule has 20 heavy (non-hydrogen) atoms. The maximum absolute atomic E-state index is 11.7. The number of amides is 2. The second-order valence-corrected chi connectivity index (χ2v) is 4.76. The fourth-order valence-corrected chi connectivity index (χ4v) is 2.01. The van der Waals surface area contributed by atoms with Gasteiger partial charge in [-0.3, -0.25) is 0 Å². The molecule has 8 nitrogen and oxygen atoms in total. The van der Waals surface area contributed by atoms with Crippen molar-refractivity contribution in [3.63, 3.8) is 0 Å². The number of carbonyl (C=O) groups is 2. The fourth-order valence-electron chi connectivity index (χ4n) is 2.01. The summed E-state index contributed by atoms with van der Waals surface area (Å²) in [5.74, 6) is -0.782. The van der Waals surface area contributed by atoms with E-state index in [1.807, 2.05) is 0 Å². The number of carboxylic acid groups (broad SMARTS) is 1. The van der Waals surface area contributed by atoms with Gasteiger partial charge in [0.2, 0.25) is 0 Å². The molecule has 110 valence electrons. The Morgan fingerprint density at radius 3 is 3.05 bits per heavy atom. The Labute approximate surface area is 115 Å². The van der Waals surface area contributed by atoms with Crippen molar-refractivity contribution in [3.05, 3.63) is 18.2 Å². The number of carboxylic acids is 1. The van der Waals surface area contributed by atoms with Crippen LogP contribution in [0.1, 0.15) is 12.1 Å². The summed E-state index contributed by atoms with van der Waals surface area (Å²) in [6, 6.07) is -1.47. The van der Waals surface area contributed by atoms with Gasteiger partial charge >= 0.3 is 12.0 Å². The minimum atomic E-state index is -1.08. The number of hydrogen-bond donors (Lipinski definition) is 4. The maximum atomic E-state index is 11.7. The van der Waals surface area contributed by atoms with E-state index in [1.54, 1.807) is 0 Å². The number of nitrogens with one attached hydrogen (secondary N) is 3. The van der Waals surface area contributed by atoms with Crippen LogP contribution in [0.5, 0.6) is 0 Å². The van der Waals surface area contributed by atoms with Crippen LogP contribution in [-0.2, 0) is 16.0 Å². The van der Waals surface area contributed by atoms with Crippen LogP contribution in [0.4, 0.5) is 4.79 Å². The number of H-pyrrole nitrogens is 1. The first kappa shape index (κ1) is 14.3. The average molecular weight is 282 g/mol. The highest BCUT2D eigenvalue weighted by molar-refractivity contribution is 5.82. The van der Waals surface area contributed by atoms with E-state index in [2.05, 4.69) is 20.6 Å². The number of hydrogen-bond acceptors (Lipinski definition) is 4. The quantitative estimate of drug-likeness (QED) is 0.573. The summed E-state index contributed by atoms with van der Waals surface area (Å²) < 4.78 is 5.20. The predicted molar refractivity (Wildman–Crippen MR) is 69.2 cm³/mol. The van der Waals surface area contributed by atoms with Crippen molar-refractivity contribution in [2.24, 2.45) is 5.92 Å². The molecule has 2 atom stereocenters. The van der Waals surface area contributed by atoms with Gasteiger partial charge in [-0.2, -0.15) is 0 Å². The third kappa shape index (κ3) is 4.23. The SMILES string of the molecule is O=C(NCC1CCOC1)NC(Cc1cnc[nH]1)C(=O)O. The maximum Gasteiger partial charge on any atom is 0.326 e. The number of ether oxygens (including phenoxy) is 1. The number of aromatic amines is 1. The molecular formula is C12H18N4O4. The van der Waals surface area contributed by atoms with Crippen molar-refractivity contribution in [2.45, 2.75) is 18.9 Å². The lowest BCUT2D eigenvalue weighted by molar-refractivity contribution is -0.139. The Bertz CT molecular complexity index is 442. The van der Waals surface area contributed by atoms with Crippen molar-refractivity contribution in [3.8, 4) is 0 Å². The summed E-state index contributed by atoms with van der Waals surface area (Å²) in [6.45, 7) is 1.84. The molecule has 1 aliphatic rings. The van der Waals surface area contributed by atoms with Gasteiger partial charge in [0.15, 0.2) is 0 Å². The van der Waals surface area contributed by atoms with E-state index in [4.69, 9.17) is 9.84 Å². The van der Waals surface area contributed by atoms with Gasteiger partial charge in [0.05, 0.1) is 12.9 Å². The summed E-state index contributed by atoms with van der Waals surface area (Å²) in [4.78, 5) is 29.4. The van der Waals surface area contributed by atoms with Crippen LogP contribution in [0.2, 0.25) is 0 Å². The molecule has 0 saturated carbocycles. The number of urea groups is 1. The first-order chi connectivity index (χ1) is 9.65. The van der Waals surface area contributed by atoms with E-state index in [-0.39, 0.29) is 6.42 Å². The molecular weight excluding hydrogens is 264 g/mol. The average Bonchev–Trinajstić information content (AvgIpc) is 3.08. The normalized spacial score (nSPS) is 19.5. The molecule has 0 spiro atoms. The number of carbonyl (C=O) groups excluding carboxylic acids is 1. The summed E-state index contributed by atoms with van der Waals surface area (Å²) in [5.41, 5.74) is 0.655. The van der Waals surface area contributed by atoms with Gasteiger partial charge in [0, 0.05) is 37.4 Å². The molecule has 2 rings (SSSR count). The minimum Gasteiger partial charge on any atom is -0.480 e. The van der Waals surface area contributed by atoms with Crippen LogP contribution in [0.3, 0.4) is 0 Å². The van der Waals surface area contributed by atoms with Crippen molar-refractivity contribution in [1.29, 1.82) is 0 Å². The van der Waals surface area contributed by atoms with Crippen LogP contribution in [0.25, 0.3) is 0 Å². The van der Waals surface area contributed by atoms with Crippen LogP contribution in [0.15, 0.2) is 12.5 Å². The monoisotopic (exact) mass is 282 g/mol. The molecule has 8 heteroatoms. The van der Waals surface area contributed by atoms with E-state index >= 15 is 0 Å². The molecule has 0 bridgehead atoms. The number of nitrogens with zero attached hydrogens (tertiary/aromatic N) is 1. The van der Waals surface area contributed by atoms with Crippen LogP contribution >= 0.6 is 0 Å². The first-order valence-electron chi connectivity index (χ1n) is 6.47. The van der Waals surface area contributed by atoms with Gasteiger partial charge in [-0.05, 0) is 6.42 Å². The highest BCUT2D eigenvalue weighted by atomic mass is 16.5. The highest BCUT2D eigenvalue weighted by Gasteiger charge is 2.22. The van der Waals surface area contributed by atoms with Gasteiger partial charge in [-0.15, -0.1) is 0 Å². The Kier molecular flexibility index (Phi) is 4.94. The molecule has 0 aromatic carbocycles. The summed E-state index contributed by atoms with van der Waals surface area (Å²) in [7, 11) is 0. The standard InChI is InChI=1S/C12H18N4O4/c17-11(18)10(3-9-5-13-7-15-9)16-12(19)14-4-8-1-2-20-6-8/h5,7-8,10H,1-4,6H2,(H,13,15)(H,17,18)(H2,14,16,19). The van der Waals surface area contributed by atoms with E-state index in [0.717, 1.165) is 6.42 Å². The van der Waals surface area contributed by atoms with Gasteiger partial charge in [-0.1, -0.05) is 0 Å². The summed E-state index contributed by atoms with van der Waals surface area (Å²) in [5, 5.41) is 14.2. The molecule has 0 radical (unpaired) electrons. The van der Waals surface area contributed by atoms with Crippen LogP contribution < -0.4 is 10.6 Å². The molecule has 1 aromatic heterocycles. The Balaban J connectivity index is 1.78. The molecule has 1 aliphatic heterocycles. The van der Waals surface area contributed by atoms with E-state index in [9.17, 15) is 9.59 Å². The van der Waals surface area contributed by atoms with E-state index < -0.39 is 18.0 Å². The van der Waals surface area contributed by atoms with Crippen molar-refractivity contribution < 1.29 is 19.4 Å². The van der Waals surface area contributed by atoms with Gasteiger partial charge in [0.1, 0.15) is 6.04 Å². The number of rotatable bonds is 6. The van der Waals surface area contributed by atoms with Gasteiger partial charge < -0.3 is 25.5 Å². The zero-order valence-electron chi connectivity index (χ0n) is 11.0. The molecule has 1 saturated heterocycles. The smallest absolute Gasteiger partial charge is 0.326 e. The first-order valence-corrected chi connectivity index (χ1v) is 6.47. The van der Waals surface area contributed by atoms with Crippen LogP contribution in [0, 0.1) is 5.92 Å². The minimum absolute atomic E-state index is 0.162. The zero-order chi connectivity index (χ0) is 14.4. The molecule has 2 amide bonds. The highest BCUT2D eigenvalue weighted by Crippen LogP contribution is 2.10. The Morgan fingerprint density at radius 2 is 2.45 bits per heavy atom. The number of aromatic nitrogens is 2. The van der Waals surface area contributed by atoms with E-state index in [1.165, 1.54) is 12.5 Å². The Morgan fingerprint density at radius 1 is 1.60 bits per heavy atom. The van der Waals surface area contributed by atoms with Gasteiger partial charge in [0.25, 0.3) is 0 Å². The third-order valence-electron chi connectivity index (χ3n) is 3.16. The summed E-state index contributed by atoms with van der Waals surface area (Å²) in [6.07, 6.45) is 4.08. The molecule has 4 N–H and O–H groups in total. The molecule has 0 aliphatic carbocycles. The predicted octanol–water partition coefficient (Wildman–Crippen LogP) is -0.259. The van der Waals surface area contributed by atoms with Gasteiger partial charge in [-0.25, -0.2) is 14.6 Å².